The van der Waals surface area contributed by atoms with E-state index < -0.39 is 17.6 Å². The average molecular weight is 296 g/mol. The zero-order valence-electron chi connectivity index (χ0n) is 12.1. The quantitative estimate of drug-likeness (QED) is 0.449. The van der Waals surface area contributed by atoms with Crippen LogP contribution in [0.25, 0.3) is 0 Å². The van der Waals surface area contributed by atoms with E-state index in [1.807, 2.05) is 13.8 Å². The summed E-state index contributed by atoms with van der Waals surface area (Å²) in [6.45, 7) is 4.91. The van der Waals surface area contributed by atoms with Crippen LogP contribution >= 0.6 is 11.6 Å². The van der Waals surface area contributed by atoms with Crippen LogP contribution in [0.4, 0.5) is 0 Å². The second kappa shape index (κ2) is 9.53. The van der Waals surface area contributed by atoms with Crippen molar-refractivity contribution in [2.75, 3.05) is 32.7 Å². The first-order valence-electron chi connectivity index (χ1n) is 6.75. The van der Waals surface area contributed by atoms with E-state index in [1.165, 1.54) is 7.11 Å². The molecule has 0 rings (SSSR count). The van der Waals surface area contributed by atoms with E-state index in [2.05, 4.69) is 0 Å². The zero-order valence-corrected chi connectivity index (χ0v) is 12.8. The molecule has 0 aromatic rings. The molecule has 2 atom stereocenters. The van der Waals surface area contributed by atoms with E-state index in [0.29, 0.717) is 19.5 Å². The fourth-order valence-electron chi connectivity index (χ4n) is 2.48. The second-order valence-electron chi connectivity index (χ2n) is 4.55. The first-order chi connectivity index (χ1) is 9.04. The number of carboxylic acid groups (broad SMARTS) is 1. The number of halogens is 1. The number of hydrogen-bond acceptors (Lipinski definition) is 4. The van der Waals surface area contributed by atoms with Gasteiger partial charge in [-0.1, -0.05) is 13.8 Å². The van der Waals surface area contributed by atoms with Crippen molar-refractivity contribution in [2.45, 2.75) is 38.8 Å². The maximum Gasteiger partial charge on any atom is 0.352 e. The van der Waals surface area contributed by atoms with Gasteiger partial charge in [-0.15, -0.1) is 11.6 Å². The lowest BCUT2D eigenvalue weighted by Gasteiger charge is -2.43. The van der Waals surface area contributed by atoms with Crippen LogP contribution < -0.4 is 0 Å². The van der Waals surface area contributed by atoms with Crippen LogP contribution in [0.2, 0.25) is 0 Å². The van der Waals surface area contributed by atoms with Crippen LogP contribution in [0.15, 0.2) is 0 Å². The van der Waals surface area contributed by atoms with Gasteiger partial charge in [-0.05, 0) is 19.3 Å². The molecule has 0 saturated carbocycles. The molecule has 6 heteroatoms. The Balaban J connectivity index is 5.48. The van der Waals surface area contributed by atoms with Gasteiger partial charge in [0.1, 0.15) is 0 Å². The maximum absolute atomic E-state index is 11.8. The van der Waals surface area contributed by atoms with Gasteiger partial charge in [0.05, 0.1) is 6.61 Å². The third-order valence-electron chi connectivity index (χ3n) is 3.31. The Bertz CT molecular complexity index is 259. The van der Waals surface area contributed by atoms with Crippen LogP contribution in [-0.4, -0.2) is 59.5 Å². The standard InChI is InChI=1S/C13H26ClNO4/c1-4-8-15(9-5-2)13(19-3,12(17)18)11(10-16)6-7-14/h11,16H,4-10H2,1-3H3,(H,17,18)/t11?,13-/m1/s1. The van der Waals surface area contributed by atoms with E-state index >= 15 is 0 Å². The first-order valence-corrected chi connectivity index (χ1v) is 7.28. The smallest absolute Gasteiger partial charge is 0.352 e. The van der Waals surface area contributed by atoms with Gasteiger partial charge in [-0.3, -0.25) is 4.90 Å². The topological polar surface area (TPSA) is 70.0 Å². The molecule has 0 fully saturated rings. The number of methoxy groups -OCH3 is 1. The Morgan fingerprint density at radius 2 is 1.89 bits per heavy atom. The number of alkyl halides is 1. The summed E-state index contributed by atoms with van der Waals surface area (Å²) in [5, 5.41) is 19.2. The number of ether oxygens (including phenoxy) is 1. The average Bonchev–Trinajstić information content (AvgIpc) is 2.39. The number of aliphatic hydroxyl groups excluding tert-OH is 1. The Hall–Kier alpha value is -0.360. The molecule has 0 heterocycles. The van der Waals surface area contributed by atoms with Crippen LogP contribution in [0.3, 0.4) is 0 Å². The van der Waals surface area contributed by atoms with Gasteiger partial charge in [0.15, 0.2) is 0 Å². The molecule has 0 spiro atoms. The van der Waals surface area contributed by atoms with Crippen LogP contribution in [0, 0.1) is 5.92 Å². The Morgan fingerprint density at radius 3 is 2.16 bits per heavy atom. The van der Waals surface area contributed by atoms with Crippen molar-refractivity contribution < 1.29 is 19.7 Å². The lowest BCUT2D eigenvalue weighted by atomic mass is 9.91. The zero-order chi connectivity index (χ0) is 14.9. The van der Waals surface area contributed by atoms with Crippen molar-refractivity contribution in [3.8, 4) is 0 Å². The van der Waals surface area contributed by atoms with Gasteiger partial charge < -0.3 is 14.9 Å². The lowest BCUT2D eigenvalue weighted by Crippen LogP contribution is -2.62. The Morgan fingerprint density at radius 1 is 1.37 bits per heavy atom. The number of hydrogen-bond donors (Lipinski definition) is 2. The largest absolute Gasteiger partial charge is 0.478 e. The molecular weight excluding hydrogens is 270 g/mol. The number of aliphatic carboxylic acids is 1. The van der Waals surface area contributed by atoms with Crippen molar-refractivity contribution in [1.29, 1.82) is 0 Å². The number of carbonyl (C=O) groups is 1. The molecule has 114 valence electrons. The summed E-state index contributed by atoms with van der Waals surface area (Å²) in [6.07, 6.45) is 2.02. The molecular formula is C13H26ClNO4. The maximum atomic E-state index is 11.8. The van der Waals surface area contributed by atoms with Gasteiger partial charge in [0.25, 0.3) is 0 Å². The van der Waals surface area contributed by atoms with Gasteiger partial charge in [0.2, 0.25) is 5.72 Å². The molecule has 19 heavy (non-hydrogen) atoms. The molecule has 5 nitrogen and oxygen atoms in total. The van der Waals surface area contributed by atoms with E-state index in [4.69, 9.17) is 16.3 Å². The highest BCUT2D eigenvalue weighted by atomic mass is 35.5. The van der Waals surface area contributed by atoms with E-state index in [9.17, 15) is 15.0 Å². The molecule has 0 aromatic carbocycles. The fraction of sp³-hybridized carbons (Fsp3) is 0.923. The Kier molecular flexibility index (Phi) is 9.35. The first kappa shape index (κ1) is 18.6. The summed E-state index contributed by atoms with van der Waals surface area (Å²) < 4.78 is 5.38. The molecule has 0 bridgehead atoms. The normalized spacial score (nSPS) is 16.3. The van der Waals surface area contributed by atoms with Gasteiger partial charge in [-0.2, -0.15) is 0 Å². The Labute approximate surface area is 120 Å². The summed E-state index contributed by atoms with van der Waals surface area (Å²) in [6, 6.07) is 0. The summed E-state index contributed by atoms with van der Waals surface area (Å²) in [7, 11) is 1.38. The minimum Gasteiger partial charge on any atom is -0.478 e. The number of rotatable bonds is 11. The number of aliphatic hydroxyl groups is 1. The van der Waals surface area contributed by atoms with Gasteiger partial charge in [-0.25, -0.2) is 4.79 Å². The van der Waals surface area contributed by atoms with Crippen molar-refractivity contribution in [3.05, 3.63) is 0 Å². The minimum atomic E-state index is -1.50. The van der Waals surface area contributed by atoms with Crippen molar-refractivity contribution in [3.63, 3.8) is 0 Å². The van der Waals surface area contributed by atoms with Gasteiger partial charge in [0, 0.05) is 32.0 Å². The number of nitrogens with zero attached hydrogens (tertiary/aromatic N) is 1. The van der Waals surface area contributed by atoms with Gasteiger partial charge >= 0.3 is 5.97 Å². The van der Waals surface area contributed by atoms with Crippen molar-refractivity contribution in [1.82, 2.24) is 4.90 Å². The van der Waals surface area contributed by atoms with E-state index in [0.717, 1.165) is 12.8 Å². The predicted octanol–water partition coefficient (Wildman–Crippen LogP) is 1.77. The van der Waals surface area contributed by atoms with Crippen LogP contribution in [0.5, 0.6) is 0 Å². The second-order valence-corrected chi connectivity index (χ2v) is 4.93. The monoisotopic (exact) mass is 295 g/mol. The summed E-state index contributed by atoms with van der Waals surface area (Å²) in [4.78, 5) is 13.6. The molecule has 0 aromatic heterocycles. The molecule has 0 aliphatic heterocycles. The SMILES string of the molecule is CCCN(CCC)[C@](OC)(C(=O)O)C(CO)CCCl. The summed E-state index contributed by atoms with van der Waals surface area (Å²) in [5.74, 6) is -1.33. The number of carboxylic acids is 1. The molecule has 1 unspecified atom stereocenters. The molecule has 0 saturated heterocycles. The molecule has 0 aliphatic rings. The van der Waals surface area contributed by atoms with Crippen molar-refractivity contribution >= 4 is 17.6 Å². The molecule has 2 N–H and O–H groups in total. The van der Waals surface area contributed by atoms with Crippen LogP contribution in [0.1, 0.15) is 33.1 Å². The predicted molar refractivity (Wildman–Crippen MR) is 75.4 cm³/mol. The molecule has 0 aliphatic carbocycles. The highest BCUT2D eigenvalue weighted by molar-refractivity contribution is 6.17. The van der Waals surface area contributed by atoms with E-state index in [-0.39, 0.29) is 12.5 Å². The molecule has 0 amide bonds. The van der Waals surface area contributed by atoms with E-state index in [1.54, 1.807) is 4.90 Å². The molecule has 0 radical (unpaired) electrons. The lowest BCUT2D eigenvalue weighted by molar-refractivity contribution is -0.211. The summed E-state index contributed by atoms with van der Waals surface area (Å²) >= 11 is 5.72. The fourth-order valence-corrected chi connectivity index (χ4v) is 2.74. The van der Waals surface area contributed by atoms with Crippen LogP contribution in [-0.2, 0) is 9.53 Å². The third kappa shape index (κ3) is 4.31. The highest BCUT2D eigenvalue weighted by Gasteiger charge is 2.50. The van der Waals surface area contributed by atoms with Crippen molar-refractivity contribution in [2.24, 2.45) is 5.92 Å². The minimum absolute atomic E-state index is 0.267. The summed E-state index contributed by atoms with van der Waals surface area (Å²) in [5.41, 5.74) is -1.50. The highest BCUT2D eigenvalue weighted by Crippen LogP contribution is 2.30. The third-order valence-corrected chi connectivity index (χ3v) is 3.52.